The Labute approximate surface area is 102 Å². The molecule has 1 atom stereocenters. The first-order valence-corrected chi connectivity index (χ1v) is 5.35. The minimum Gasteiger partial charge on any atom is -0.384 e. The summed E-state index contributed by atoms with van der Waals surface area (Å²) < 4.78 is 5.38. The summed E-state index contributed by atoms with van der Waals surface area (Å²) in [7, 11) is 1.64. The zero-order valence-electron chi connectivity index (χ0n) is 10.1. The van der Waals surface area contributed by atoms with Gasteiger partial charge in [-0.1, -0.05) is 31.7 Å². The Kier molecular flexibility index (Phi) is 6.08. The van der Waals surface area contributed by atoms with E-state index in [0.717, 1.165) is 12.0 Å². The molecule has 0 aromatic rings. The minimum absolute atomic E-state index is 0.247. The van der Waals surface area contributed by atoms with Gasteiger partial charge in [0.05, 0.1) is 5.60 Å². The van der Waals surface area contributed by atoms with Gasteiger partial charge in [0.1, 0.15) is 11.0 Å². The second-order valence-electron chi connectivity index (χ2n) is 3.52. The molecule has 0 aliphatic carbocycles. The van der Waals surface area contributed by atoms with Gasteiger partial charge in [-0.25, -0.2) is 4.99 Å². The molecule has 0 rings (SSSR count). The molecule has 16 heavy (non-hydrogen) atoms. The van der Waals surface area contributed by atoms with Gasteiger partial charge in [-0.05, 0) is 31.1 Å². The fourth-order valence-corrected chi connectivity index (χ4v) is 1.13. The SMILES string of the molecule is C=C/C(Cl)=N\C(N)=C/C(=C)C(C)(CC)OC. The average molecular weight is 243 g/mol. The molecule has 0 spiro atoms. The van der Waals surface area contributed by atoms with Crippen LogP contribution in [0.4, 0.5) is 0 Å². The molecule has 0 amide bonds. The molecular formula is C12H19ClN2O. The van der Waals surface area contributed by atoms with E-state index < -0.39 is 5.60 Å². The molecule has 0 aliphatic heterocycles. The zero-order valence-corrected chi connectivity index (χ0v) is 10.8. The molecule has 0 aliphatic rings. The van der Waals surface area contributed by atoms with Gasteiger partial charge in [0.2, 0.25) is 0 Å². The number of hydrogen-bond donors (Lipinski definition) is 1. The van der Waals surface area contributed by atoms with Crippen LogP contribution >= 0.6 is 11.6 Å². The highest BCUT2D eigenvalue weighted by molar-refractivity contribution is 6.68. The van der Waals surface area contributed by atoms with E-state index in [1.165, 1.54) is 6.08 Å². The standard InChI is InChI=1S/C12H19ClN2O/c1-6-10(13)15-11(14)8-9(3)12(4,7-2)16-5/h6,8H,1,3,7,14H2,2,4-5H3/b11-8-,15-10+. The van der Waals surface area contributed by atoms with Crippen molar-refractivity contribution in [1.82, 2.24) is 0 Å². The first-order chi connectivity index (χ1) is 7.39. The number of aliphatic imine (C=N–C) groups is 1. The lowest BCUT2D eigenvalue weighted by molar-refractivity contribution is 0.0384. The zero-order chi connectivity index (χ0) is 12.8. The first kappa shape index (κ1) is 14.9. The molecule has 0 saturated heterocycles. The minimum atomic E-state index is -0.430. The monoisotopic (exact) mass is 242 g/mol. The van der Waals surface area contributed by atoms with Gasteiger partial charge in [-0.15, -0.1) is 0 Å². The molecule has 4 heteroatoms. The van der Waals surface area contributed by atoms with Crippen molar-refractivity contribution >= 4 is 16.8 Å². The largest absolute Gasteiger partial charge is 0.384 e. The van der Waals surface area contributed by atoms with Gasteiger partial charge in [-0.2, -0.15) is 0 Å². The Hall–Kier alpha value is -1.06. The average Bonchev–Trinajstić information content (AvgIpc) is 2.27. The fraction of sp³-hybridized carbons (Fsp3) is 0.417. The molecule has 90 valence electrons. The molecule has 0 fully saturated rings. The highest BCUT2D eigenvalue weighted by Gasteiger charge is 2.23. The van der Waals surface area contributed by atoms with Crippen LogP contribution in [-0.4, -0.2) is 17.9 Å². The molecule has 3 nitrogen and oxygen atoms in total. The van der Waals surface area contributed by atoms with Crippen LogP contribution in [0.2, 0.25) is 0 Å². The van der Waals surface area contributed by atoms with E-state index >= 15 is 0 Å². The summed E-state index contributed by atoms with van der Waals surface area (Å²) in [6.45, 7) is 11.4. The Balaban J connectivity index is 4.90. The number of methoxy groups -OCH3 is 1. The van der Waals surface area contributed by atoms with Crippen molar-refractivity contribution < 1.29 is 4.74 Å². The first-order valence-electron chi connectivity index (χ1n) is 4.98. The number of hydrogen-bond acceptors (Lipinski definition) is 3. The molecule has 1 unspecified atom stereocenters. The Bertz CT molecular complexity index is 328. The van der Waals surface area contributed by atoms with Crippen LogP contribution in [0.3, 0.4) is 0 Å². The van der Waals surface area contributed by atoms with Crippen LogP contribution in [0.15, 0.2) is 41.7 Å². The number of ether oxygens (including phenoxy) is 1. The van der Waals surface area contributed by atoms with Crippen molar-refractivity contribution in [3.63, 3.8) is 0 Å². The van der Waals surface area contributed by atoms with Crippen molar-refractivity contribution in [2.45, 2.75) is 25.9 Å². The van der Waals surface area contributed by atoms with E-state index in [1.54, 1.807) is 13.2 Å². The Morgan fingerprint density at radius 1 is 1.62 bits per heavy atom. The predicted octanol–water partition coefficient (Wildman–Crippen LogP) is 2.98. The molecular weight excluding hydrogens is 224 g/mol. The summed E-state index contributed by atoms with van der Waals surface area (Å²) in [5, 5.41) is 0.247. The van der Waals surface area contributed by atoms with Crippen LogP contribution in [0.5, 0.6) is 0 Å². The lowest BCUT2D eigenvalue weighted by Gasteiger charge is -2.27. The predicted molar refractivity (Wildman–Crippen MR) is 70.6 cm³/mol. The molecule has 0 heterocycles. The van der Waals surface area contributed by atoms with Crippen LogP contribution < -0.4 is 5.73 Å². The van der Waals surface area contributed by atoms with Crippen molar-refractivity contribution in [3.05, 3.63) is 36.7 Å². The third-order valence-corrected chi connectivity index (χ3v) is 2.77. The quantitative estimate of drug-likeness (QED) is 0.575. The van der Waals surface area contributed by atoms with Crippen molar-refractivity contribution in [3.8, 4) is 0 Å². The van der Waals surface area contributed by atoms with Gasteiger partial charge in [0.15, 0.2) is 0 Å². The second kappa shape index (κ2) is 6.51. The van der Waals surface area contributed by atoms with Crippen LogP contribution in [0.25, 0.3) is 0 Å². The lowest BCUT2D eigenvalue weighted by atomic mass is 9.94. The van der Waals surface area contributed by atoms with Gasteiger partial charge < -0.3 is 10.5 Å². The lowest BCUT2D eigenvalue weighted by Crippen LogP contribution is -2.27. The smallest absolute Gasteiger partial charge is 0.130 e. The summed E-state index contributed by atoms with van der Waals surface area (Å²) in [4.78, 5) is 3.90. The van der Waals surface area contributed by atoms with E-state index in [1.807, 2.05) is 13.8 Å². The summed E-state index contributed by atoms with van der Waals surface area (Å²) in [6, 6.07) is 0. The summed E-state index contributed by atoms with van der Waals surface area (Å²) in [5.74, 6) is 0.284. The Morgan fingerprint density at radius 3 is 2.56 bits per heavy atom. The van der Waals surface area contributed by atoms with Crippen LogP contribution in [0.1, 0.15) is 20.3 Å². The molecule has 0 aromatic heterocycles. The highest BCUT2D eigenvalue weighted by Crippen LogP contribution is 2.24. The van der Waals surface area contributed by atoms with Gasteiger partial charge in [0, 0.05) is 7.11 Å². The maximum absolute atomic E-state index is 5.68. The third kappa shape index (κ3) is 4.21. The summed E-state index contributed by atoms with van der Waals surface area (Å²) in [6.07, 6.45) is 3.87. The Morgan fingerprint density at radius 2 is 2.19 bits per heavy atom. The molecule has 0 saturated carbocycles. The topological polar surface area (TPSA) is 47.6 Å². The van der Waals surface area contributed by atoms with Crippen LogP contribution in [0, 0.1) is 0 Å². The van der Waals surface area contributed by atoms with Crippen molar-refractivity contribution in [2.75, 3.05) is 7.11 Å². The number of halogens is 1. The van der Waals surface area contributed by atoms with E-state index in [0.29, 0.717) is 0 Å². The van der Waals surface area contributed by atoms with E-state index in [2.05, 4.69) is 18.2 Å². The maximum Gasteiger partial charge on any atom is 0.130 e. The summed E-state index contributed by atoms with van der Waals surface area (Å²) >= 11 is 5.68. The van der Waals surface area contributed by atoms with Crippen LogP contribution in [-0.2, 0) is 4.74 Å². The number of allylic oxidation sites excluding steroid dienone is 1. The number of nitrogens with zero attached hydrogens (tertiary/aromatic N) is 1. The molecule has 0 aromatic carbocycles. The van der Waals surface area contributed by atoms with E-state index in [4.69, 9.17) is 22.1 Å². The molecule has 2 N–H and O–H groups in total. The van der Waals surface area contributed by atoms with Gasteiger partial charge in [0.25, 0.3) is 0 Å². The number of rotatable bonds is 6. The van der Waals surface area contributed by atoms with Gasteiger partial charge >= 0.3 is 0 Å². The normalized spacial score (nSPS) is 16.8. The summed E-state index contributed by atoms with van der Waals surface area (Å²) in [5.41, 5.74) is 6.01. The second-order valence-corrected chi connectivity index (χ2v) is 3.91. The van der Waals surface area contributed by atoms with Gasteiger partial charge in [-0.3, -0.25) is 0 Å². The molecule has 0 bridgehead atoms. The highest BCUT2D eigenvalue weighted by atomic mass is 35.5. The number of nitrogens with two attached hydrogens (primary N) is 1. The van der Waals surface area contributed by atoms with E-state index in [9.17, 15) is 0 Å². The molecule has 0 radical (unpaired) electrons. The fourth-order valence-electron chi connectivity index (χ4n) is 1.03. The third-order valence-electron chi connectivity index (χ3n) is 2.53. The van der Waals surface area contributed by atoms with E-state index in [-0.39, 0.29) is 11.0 Å². The maximum atomic E-state index is 5.68. The van der Waals surface area contributed by atoms with Crippen molar-refractivity contribution in [2.24, 2.45) is 10.7 Å². The van der Waals surface area contributed by atoms with Crippen molar-refractivity contribution in [1.29, 1.82) is 0 Å².